The first-order valence-electron chi connectivity index (χ1n) is 7.21. The van der Waals surface area contributed by atoms with Crippen molar-refractivity contribution >= 4 is 5.91 Å². The summed E-state index contributed by atoms with van der Waals surface area (Å²) in [6.07, 6.45) is 1.97. The molecule has 2 atom stereocenters. The van der Waals surface area contributed by atoms with Crippen LogP contribution in [0.2, 0.25) is 0 Å². The smallest absolute Gasteiger partial charge is 0.227 e. The Bertz CT molecular complexity index is 372. The highest BCUT2D eigenvalue weighted by Crippen LogP contribution is 2.21. The summed E-state index contributed by atoms with van der Waals surface area (Å²) in [7, 11) is 0. The Kier molecular flexibility index (Phi) is 6.57. The minimum atomic E-state index is -0.232. The average Bonchev–Trinajstić information content (AvgIpc) is 2.45. The Labute approximate surface area is 116 Å². The Morgan fingerprint density at radius 2 is 1.68 bits per heavy atom. The lowest BCUT2D eigenvalue weighted by Gasteiger charge is -2.28. The molecule has 1 amide bonds. The van der Waals surface area contributed by atoms with Gasteiger partial charge in [-0.25, -0.2) is 0 Å². The lowest BCUT2D eigenvalue weighted by atomic mass is 9.94. The maximum absolute atomic E-state index is 12.5. The molecule has 1 aromatic carbocycles. The highest BCUT2D eigenvalue weighted by Gasteiger charge is 2.25. The zero-order chi connectivity index (χ0) is 14.3. The highest BCUT2D eigenvalue weighted by atomic mass is 16.2. The number of amides is 1. The van der Waals surface area contributed by atoms with Crippen LogP contribution in [0.25, 0.3) is 0 Å². The monoisotopic (exact) mass is 262 g/mol. The van der Waals surface area contributed by atoms with E-state index >= 15 is 0 Å². The largest absolute Gasteiger partial charge is 0.342 e. The molecule has 0 spiro atoms. The van der Waals surface area contributed by atoms with Crippen LogP contribution >= 0.6 is 0 Å². The van der Waals surface area contributed by atoms with Gasteiger partial charge in [0.05, 0.1) is 5.92 Å². The fourth-order valence-corrected chi connectivity index (χ4v) is 2.28. The Balaban J connectivity index is 2.74. The Morgan fingerprint density at radius 1 is 1.16 bits per heavy atom. The van der Waals surface area contributed by atoms with Crippen molar-refractivity contribution in [2.75, 3.05) is 13.1 Å². The number of hydrogen-bond acceptors (Lipinski definition) is 2. The number of hydrogen-bond donors (Lipinski definition) is 1. The van der Waals surface area contributed by atoms with Crippen LogP contribution in [-0.2, 0) is 4.79 Å². The topological polar surface area (TPSA) is 46.3 Å². The normalized spacial score (nSPS) is 13.9. The van der Waals surface area contributed by atoms with Crippen molar-refractivity contribution in [3.8, 4) is 0 Å². The van der Waals surface area contributed by atoms with Gasteiger partial charge in [-0.05, 0) is 18.4 Å². The summed E-state index contributed by atoms with van der Waals surface area (Å²) in [5.41, 5.74) is 7.25. The standard InChI is InChI=1S/C16H26N2O/c1-4-11-18(12-5-2)16(19)13(3)15(17)14-9-7-6-8-10-14/h6-10,13,15H,4-5,11-12,17H2,1-3H3. The molecule has 0 aliphatic carbocycles. The molecule has 0 aliphatic rings. The molecule has 0 saturated carbocycles. The molecule has 2 unspecified atom stereocenters. The molecule has 2 N–H and O–H groups in total. The minimum Gasteiger partial charge on any atom is -0.342 e. The van der Waals surface area contributed by atoms with E-state index in [9.17, 15) is 4.79 Å². The second-order valence-electron chi connectivity index (χ2n) is 5.05. The SMILES string of the molecule is CCCN(CCC)C(=O)C(C)C(N)c1ccccc1. The number of benzene rings is 1. The summed E-state index contributed by atoms with van der Waals surface area (Å²) in [4.78, 5) is 14.4. The van der Waals surface area contributed by atoms with E-state index in [2.05, 4.69) is 13.8 Å². The number of rotatable bonds is 7. The molecule has 0 aliphatic heterocycles. The molecule has 0 radical (unpaired) electrons. The summed E-state index contributed by atoms with van der Waals surface area (Å²) in [6, 6.07) is 9.62. The van der Waals surface area contributed by atoms with Crippen LogP contribution in [0, 0.1) is 5.92 Å². The van der Waals surface area contributed by atoms with Crippen molar-refractivity contribution in [3.05, 3.63) is 35.9 Å². The quantitative estimate of drug-likeness (QED) is 0.821. The number of nitrogens with two attached hydrogens (primary N) is 1. The van der Waals surface area contributed by atoms with Crippen LogP contribution in [0.15, 0.2) is 30.3 Å². The first-order valence-corrected chi connectivity index (χ1v) is 7.21. The molecule has 19 heavy (non-hydrogen) atoms. The van der Waals surface area contributed by atoms with Gasteiger partial charge in [-0.15, -0.1) is 0 Å². The van der Waals surface area contributed by atoms with Crippen LogP contribution in [-0.4, -0.2) is 23.9 Å². The maximum Gasteiger partial charge on any atom is 0.227 e. The number of carbonyl (C=O) groups excluding carboxylic acids is 1. The van der Waals surface area contributed by atoms with Crippen molar-refractivity contribution < 1.29 is 4.79 Å². The first-order chi connectivity index (χ1) is 9.11. The third-order valence-corrected chi connectivity index (χ3v) is 3.41. The molecule has 1 aromatic rings. The van der Waals surface area contributed by atoms with Gasteiger partial charge in [0.2, 0.25) is 5.91 Å². The molecule has 1 rings (SSSR count). The summed E-state index contributed by atoms with van der Waals surface area (Å²) in [5.74, 6) is -0.0134. The predicted octanol–water partition coefficient (Wildman–Crippen LogP) is 2.97. The van der Waals surface area contributed by atoms with Crippen molar-refractivity contribution in [1.29, 1.82) is 0 Å². The van der Waals surface area contributed by atoms with Crippen molar-refractivity contribution in [3.63, 3.8) is 0 Å². The van der Waals surface area contributed by atoms with Crippen LogP contribution in [0.5, 0.6) is 0 Å². The van der Waals surface area contributed by atoms with E-state index in [1.165, 1.54) is 0 Å². The van der Waals surface area contributed by atoms with E-state index in [1.807, 2.05) is 42.2 Å². The van der Waals surface area contributed by atoms with E-state index < -0.39 is 0 Å². The van der Waals surface area contributed by atoms with Crippen LogP contribution in [0.3, 0.4) is 0 Å². The van der Waals surface area contributed by atoms with Crippen molar-refractivity contribution in [2.45, 2.75) is 39.7 Å². The van der Waals surface area contributed by atoms with Gasteiger partial charge in [-0.2, -0.15) is 0 Å². The van der Waals surface area contributed by atoms with E-state index in [0.717, 1.165) is 31.5 Å². The Hall–Kier alpha value is -1.35. The zero-order valence-corrected chi connectivity index (χ0v) is 12.3. The van der Waals surface area contributed by atoms with Gasteiger partial charge in [0, 0.05) is 19.1 Å². The van der Waals surface area contributed by atoms with E-state index in [4.69, 9.17) is 5.73 Å². The second-order valence-corrected chi connectivity index (χ2v) is 5.05. The Morgan fingerprint density at radius 3 is 2.16 bits per heavy atom. The maximum atomic E-state index is 12.5. The van der Waals surface area contributed by atoms with E-state index in [1.54, 1.807) is 0 Å². The summed E-state index contributed by atoms with van der Waals surface area (Å²) in [5, 5.41) is 0. The lowest BCUT2D eigenvalue weighted by Crippen LogP contribution is -2.40. The van der Waals surface area contributed by atoms with Gasteiger partial charge < -0.3 is 10.6 Å². The molecule has 106 valence electrons. The molecule has 0 fully saturated rings. The molecule has 3 nitrogen and oxygen atoms in total. The van der Waals surface area contributed by atoms with Gasteiger partial charge in [0.25, 0.3) is 0 Å². The molecule has 3 heteroatoms. The molecule has 0 saturated heterocycles. The molecular weight excluding hydrogens is 236 g/mol. The fraction of sp³-hybridized carbons (Fsp3) is 0.562. The zero-order valence-electron chi connectivity index (χ0n) is 12.3. The summed E-state index contributed by atoms with van der Waals surface area (Å²) in [6.45, 7) is 7.75. The van der Waals surface area contributed by atoms with Gasteiger partial charge in [0.15, 0.2) is 0 Å². The van der Waals surface area contributed by atoms with Gasteiger partial charge in [-0.3, -0.25) is 4.79 Å². The summed E-state index contributed by atoms with van der Waals surface area (Å²) < 4.78 is 0. The first kappa shape index (κ1) is 15.7. The van der Waals surface area contributed by atoms with Crippen molar-refractivity contribution in [1.82, 2.24) is 4.90 Å². The predicted molar refractivity (Wildman–Crippen MR) is 79.7 cm³/mol. The highest BCUT2D eigenvalue weighted by molar-refractivity contribution is 5.79. The van der Waals surface area contributed by atoms with Crippen molar-refractivity contribution in [2.24, 2.45) is 11.7 Å². The number of nitrogens with zero attached hydrogens (tertiary/aromatic N) is 1. The lowest BCUT2D eigenvalue weighted by molar-refractivity contribution is -0.135. The molecular formula is C16H26N2O. The second kappa shape index (κ2) is 7.95. The molecule has 0 aromatic heterocycles. The minimum absolute atomic E-state index is 0.167. The van der Waals surface area contributed by atoms with Gasteiger partial charge in [0.1, 0.15) is 0 Å². The third kappa shape index (κ3) is 4.35. The van der Waals surface area contributed by atoms with Crippen LogP contribution < -0.4 is 5.73 Å². The summed E-state index contributed by atoms with van der Waals surface area (Å²) >= 11 is 0. The van der Waals surface area contributed by atoms with E-state index in [-0.39, 0.29) is 17.9 Å². The van der Waals surface area contributed by atoms with Gasteiger partial charge in [-0.1, -0.05) is 51.1 Å². The number of carbonyl (C=O) groups is 1. The van der Waals surface area contributed by atoms with E-state index in [0.29, 0.717) is 0 Å². The fourth-order valence-electron chi connectivity index (χ4n) is 2.28. The molecule has 0 heterocycles. The average molecular weight is 262 g/mol. The van der Waals surface area contributed by atoms with Crippen LogP contribution in [0.1, 0.15) is 45.2 Å². The van der Waals surface area contributed by atoms with Gasteiger partial charge >= 0.3 is 0 Å². The molecule has 0 bridgehead atoms. The third-order valence-electron chi connectivity index (χ3n) is 3.41. The van der Waals surface area contributed by atoms with Crippen LogP contribution in [0.4, 0.5) is 0 Å².